The van der Waals surface area contributed by atoms with Crippen LogP contribution in [-0.2, 0) is 6.54 Å². The highest BCUT2D eigenvalue weighted by Crippen LogP contribution is 2.41. The number of likely N-dealkylation sites (N-methyl/N-ethyl adjacent to an activating group) is 1. The minimum atomic E-state index is 0.736. The molecule has 0 aromatic heterocycles. The molecule has 2 heterocycles. The molecule has 1 aromatic carbocycles. The monoisotopic (exact) mass is 287 g/mol. The molecular formula is C18H29N3. The number of hydrogen-bond acceptors (Lipinski definition) is 3. The van der Waals surface area contributed by atoms with E-state index < -0.39 is 0 Å². The number of benzene rings is 1. The molecule has 3 heteroatoms. The molecule has 2 aliphatic heterocycles. The van der Waals surface area contributed by atoms with Crippen LogP contribution in [0, 0.1) is 5.92 Å². The highest BCUT2D eigenvalue weighted by atomic mass is 15.1. The molecule has 1 atom stereocenters. The topological polar surface area (TPSA) is 27.3 Å². The number of hydrogen-bond donors (Lipinski definition) is 2. The Morgan fingerprint density at radius 3 is 2.81 bits per heavy atom. The summed E-state index contributed by atoms with van der Waals surface area (Å²) in [5.41, 5.74) is 4.50. The second-order valence-electron chi connectivity index (χ2n) is 6.59. The second kappa shape index (κ2) is 6.80. The smallest absolute Gasteiger partial charge is 0.0402 e. The molecule has 2 aliphatic rings. The SMILES string of the molecule is CCN1CC(CC2CCNCC2)c2cc(CNC)ccc21. The summed E-state index contributed by atoms with van der Waals surface area (Å²) >= 11 is 0. The van der Waals surface area contributed by atoms with E-state index in [9.17, 15) is 0 Å². The Labute approximate surface area is 129 Å². The molecule has 1 unspecified atom stereocenters. The summed E-state index contributed by atoms with van der Waals surface area (Å²) in [4.78, 5) is 2.56. The van der Waals surface area contributed by atoms with Crippen molar-refractivity contribution in [3.8, 4) is 0 Å². The lowest BCUT2D eigenvalue weighted by atomic mass is 9.85. The first-order chi connectivity index (χ1) is 10.3. The van der Waals surface area contributed by atoms with Gasteiger partial charge in [-0.3, -0.25) is 0 Å². The lowest BCUT2D eigenvalue weighted by molar-refractivity contribution is 0.334. The Morgan fingerprint density at radius 1 is 1.29 bits per heavy atom. The van der Waals surface area contributed by atoms with Crippen molar-refractivity contribution in [2.45, 2.75) is 38.6 Å². The molecule has 0 bridgehead atoms. The van der Waals surface area contributed by atoms with Crippen molar-refractivity contribution in [2.24, 2.45) is 5.92 Å². The second-order valence-corrected chi connectivity index (χ2v) is 6.59. The molecule has 116 valence electrons. The minimum absolute atomic E-state index is 0.736. The van der Waals surface area contributed by atoms with Crippen molar-refractivity contribution in [2.75, 3.05) is 38.1 Å². The number of fused-ring (bicyclic) bond motifs is 1. The van der Waals surface area contributed by atoms with E-state index in [2.05, 4.69) is 40.7 Å². The van der Waals surface area contributed by atoms with Crippen molar-refractivity contribution in [3.63, 3.8) is 0 Å². The predicted molar refractivity (Wildman–Crippen MR) is 90.0 cm³/mol. The minimum Gasteiger partial charge on any atom is -0.371 e. The molecule has 1 saturated heterocycles. The Kier molecular flexibility index (Phi) is 4.81. The lowest BCUT2D eigenvalue weighted by Gasteiger charge is -2.25. The number of rotatable bonds is 5. The zero-order chi connectivity index (χ0) is 14.7. The molecule has 3 rings (SSSR count). The van der Waals surface area contributed by atoms with Crippen LogP contribution in [0.15, 0.2) is 18.2 Å². The highest BCUT2D eigenvalue weighted by Gasteiger charge is 2.30. The van der Waals surface area contributed by atoms with Gasteiger partial charge < -0.3 is 15.5 Å². The maximum Gasteiger partial charge on any atom is 0.0402 e. The fourth-order valence-corrected chi connectivity index (χ4v) is 4.02. The van der Waals surface area contributed by atoms with E-state index in [1.54, 1.807) is 5.56 Å². The van der Waals surface area contributed by atoms with Crippen molar-refractivity contribution in [1.29, 1.82) is 0 Å². The summed E-state index contributed by atoms with van der Waals surface area (Å²) < 4.78 is 0. The molecule has 0 spiro atoms. The van der Waals surface area contributed by atoms with Crippen LogP contribution in [0.25, 0.3) is 0 Å². The maximum atomic E-state index is 3.49. The summed E-state index contributed by atoms with van der Waals surface area (Å²) in [7, 11) is 2.03. The first-order valence-electron chi connectivity index (χ1n) is 8.55. The van der Waals surface area contributed by atoms with Gasteiger partial charge in [-0.1, -0.05) is 12.1 Å². The van der Waals surface area contributed by atoms with E-state index in [-0.39, 0.29) is 0 Å². The normalized spacial score (nSPS) is 22.6. The van der Waals surface area contributed by atoms with Gasteiger partial charge in [0.1, 0.15) is 0 Å². The molecule has 2 N–H and O–H groups in total. The largest absolute Gasteiger partial charge is 0.371 e. The van der Waals surface area contributed by atoms with Crippen molar-refractivity contribution < 1.29 is 0 Å². The number of piperidine rings is 1. The standard InChI is InChI=1S/C18H29N3/c1-3-21-13-16(10-14-6-8-20-9-7-14)17-11-15(12-19-2)4-5-18(17)21/h4-5,11,14,16,19-20H,3,6-10,12-13H2,1-2H3. The van der Waals surface area contributed by atoms with Crippen LogP contribution in [0.2, 0.25) is 0 Å². The third kappa shape index (κ3) is 3.24. The summed E-state index contributed by atoms with van der Waals surface area (Å²) in [6.45, 7) is 8.01. The van der Waals surface area contributed by atoms with Crippen LogP contribution in [0.1, 0.15) is 43.2 Å². The summed E-state index contributed by atoms with van der Waals surface area (Å²) in [6.07, 6.45) is 4.08. The first-order valence-corrected chi connectivity index (χ1v) is 8.55. The Morgan fingerprint density at radius 2 is 2.10 bits per heavy atom. The lowest BCUT2D eigenvalue weighted by Crippen LogP contribution is -2.29. The predicted octanol–water partition coefficient (Wildman–Crippen LogP) is 2.72. The third-order valence-electron chi connectivity index (χ3n) is 5.15. The van der Waals surface area contributed by atoms with Gasteiger partial charge >= 0.3 is 0 Å². The Bertz CT molecular complexity index is 466. The van der Waals surface area contributed by atoms with Gasteiger partial charge in [0.15, 0.2) is 0 Å². The molecule has 0 radical (unpaired) electrons. The average Bonchev–Trinajstić information content (AvgIpc) is 2.86. The summed E-state index contributed by atoms with van der Waals surface area (Å²) in [6, 6.07) is 7.08. The number of anilines is 1. The maximum absolute atomic E-state index is 3.49. The zero-order valence-electron chi connectivity index (χ0n) is 13.5. The fourth-order valence-electron chi connectivity index (χ4n) is 4.02. The van der Waals surface area contributed by atoms with E-state index in [0.29, 0.717) is 0 Å². The van der Waals surface area contributed by atoms with Gasteiger partial charge in [-0.05, 0) is 69.4 Å². The van der Waals surface area contributed by atoms with Gasteiger partial charge in [-0.15, -0.1) is 0 Å². The zero-order valence-corrected chi connectivity index (χ0v) is 13.5. The van der Waals surface area contributed by atoms with Crippen molar-refractivity contribution >= 4 is 5.69 Å². The number of nitrogens with zero attached hydrogens (tertiary/aromatic N) is 1. The average molecular weight is 287 g/mol. The third-order valence-corrected chi connectivity index (χ3v) is 5.15. The van der Waals surface area contributed by atoms with Gasteiger partial charge in [0, 0.05) is 31.2 Å². The fraction of sp³-hybridized carbons (Fsp3) is 0.667. The summed E-state index contributed by atoms with van der Waals surface area (Å²) in [5.74, 6) is 1.65. The van der Waals surface area contributed by atoms with Crippen LogP contribution in [0.4, 0.5) is 5.69 Å². The van der Waals surface area contributed by atoms with Crippen LogP contribution in [-0.4, -0.2) is 33.2 Å². The first kappa shape index (κ1) is 14.9. The van der Waals surface area contributed by atoms with E-state index in [0.717, 1.165) is 24.9 Å². The number of nitrogens with one attached hydrogen (secondary N) is 2. The van der Waals surface area contributed by atoms with Gasteiger partial charge in [0.05, 0.1) is 0 Å². The molecule has 0 aliphatic carbocycles. The molecular weight excluding hydrogens is 258 g/mol. The van der Waals surface area contributed by atoms with Crippen molar-refractivity contribution in [1.82, 2.24) is 10.6 Å². The molecule has 21 heavy (non-hydrogen) atoms. The van der Waals surface area contributed by atoms with E-state index in [4.69, 9.17) is 0 Å². The van der Waals surface area contributed by atoms with Crippen LogP contribution < -0.4 is 15.5 Å². The van der Waals surface area contributed by atoms with E-state index in [1.807, 2.05) is 7.05 Å². The van der Waals surface area contributed by atoms with Crippen LogP contribution in [0.3, 0.4) is 0 Å². The van der Waals surface area contributed by atoms with E-state index >= 15 is 0 Å². The van der Waals surface area contributed by atoms with Crippen molar-refractivity contribution in [3.05, 3.63) is 29.3 Å². The molecule has 0 amide bonds. The van der Waals surface area contributed by atoms with Crippen LogP contribution in [0.5, 0.6) is 0 Å². The van der Waals surface area contributed by atoms with Gasteiger partial charge in [0.25, 0.3) is 0 Å². The molecule has 1 aromatic rings. The van der Waals surface area contributed by atoms with Gasteiger partial charge in [0.2, 0.25) is 0 Å². The molecule has 3 nitrogen and oxygen atoms in total. The highest BCUT2D eigenvalue weighted by molar-refractivity contribution is 5.61. The Hall–Kier alpha value is -1.06. The van der Waals surface area contributed by atoms with Gasteiger partial charge in [-0.25, -0.2) is 0 Å². The Balaban J connectivity index is 1.78. The van der Waals surface area contributed by atoms with Crippen LogP contribution >= 0.6 is 0 Å². The van der Waals surface area contributed by atoms with Gasteiger partial charge in [-0.2, -0.15) is 0 Å². The molecule has 1 fully saturated rings. The quantitative estimate of drug-likeness (QED) is 0.872. The molecule has 0 saturated carbocycles. The summed E-state index contributed by atoms with van der Waals surface area (Å²) in [5, 5.41) is 6.76. The van der Waals surface area contributed by atoms with E-state index in [1.165, 1.54) is 50.1 Å².